The van der Waals surface area contributed by atoms with Crippen molar-refractivity contribution in [2.75, 3.05) is 6.54 Å². The Balaban J connectivity index is 2.37. The minimum Gasteiger partial charge on any atom is -0.329 e. The predicted octanol–water partition coefficient (Wildman–Crippen LogP) is 1.56. The summed E-state index contributed by atoms with van der Waals surface area (Å²) in [4.78, 5) is 0. The second kappa shape index (κ2) is 3.83. The Morgan fingerprint density at radius 2 is 2.20 bits per heavy atom. The second-order valence-electron chi connectivity index (χ2n) is 3.98. The standard InChI is InChI=1S/C10H14N4S/c1-10(2,7-11)15-9-13-12-8-5-3-4-6-14(8)9/h3-6H,7,11H2,1-2H3. The fourth-order valence-corrected chi connectivity index (χ4v) is 2.09. The molecule has 2 heterocycles. The number of thioether (sulfide) groups is 1. The van der Waals surface area contributed by atoms with Gasteiger partial charge in [0.15, 0.2) is 10.8 Å². The van der Waals surface area contributed by atoms with E-state index in [-0.39, 0.29) is 4.75 Å². The van der Waals surface area contributed by atoms with Crippen LogP contribution in [0.1, 0.15) is 13.8 Å². The maximum absolute atomic E-state index is 5.69. The van der Waals surface area contributed by atoms with E-state index in [9.17, 15) is 0 Å². The van der Waals surface area contributed by atoms with Crippen molar-refractivity contribution in [3.63, 3.8) is 0 Å². The van der Waals surface area contributed by atoms with Gasteiger partial charge in [-0.3, -0.25) is 4.40 Å². The van der Waals surface area contributed by atoms with Gasteiger partial charge in [-0.25, -0.2) is 0 Å². The maximum atomic E-state index is 5.69. The molecule has 0 unspecified atom stereocenters. The van der Waals surface area contributed by atoms with Gasteiger partial charge in [-0.15, -0.1) is 10.2 Å². The van der Waals surface area contributed by atoms with Gasteiger partial charge in [0, 0.05) is 17.5 Å². The monoisotopic (exact) mass is 222 g/mol. The molecule has 0 atom stereocenters. The molecule has 0 fully saturated rings. The summed E-state index contributed by atoms with van der Waals surface area (Å²) in [5, 5.41) is 9.13. The Labute approximate surface area is 92.9 Å². The molecule has 2 N–H and O–H groups in total. The van der Waals surface area contributed by atoms with Crippen LogP contribution in [0.3, 0.4) is 0 Å². The third-order valence-corrected chi connectivity index (χ3v) is 3.32. The van der Waals surface area contributed by atoms with Gasteiger partial charge in [0.1, 0.15) is 0 Å². The largest absolute Gasteiger partial charge is 0.329 e. The van der Waals surface area contributed by atoms with Gasteiger partial charge in [0.2, 0.25) is 0 Å². The molecule has 4 nitrogen and oxygen atoms in total. The highest BCUT2D eigenvalue weighted by Gasteiger charge is 2.20. The van der Waals surface area contributed by atoms with Crippen LogP contribution in [0.15, 0.2) is 29.6 Å². The molecule has 0 saturated heterocycles. The Morgan fingerprint density at radius 3 is 2.93 bits per heavy atom. The van der Waals surface area contributed by atoms with E-state index in [1.165, 1.54) is 0 Å². The van der Waals surface area contributed by atoms with E-state index < -0.39 is 0 Å². The Hall–Kier alpha value is -1.07. The van der Waals surface area contributed by atoms with Gasteiger partial charge in [-0.2, -0.15) is 0 Å². The highest BCUT2D eigenvalue weighted by Crippen LogP contribution is 2.30. The molecule has 0 radical (unpaired) electrons. The summed E-state index contributed by atoms with van der Waals surface area (Å²) < 4.78 is 1.96. The van der Waals surface area contributed by atoms with Gasteiger partial charge in [0.05, 0.1) is 0 Å². The molecule has 0 aliphatic rings. The van der Waals surface area contributed by atoms with E-state index in [2.05, 4.69) is 24.0 Å². The predicted molar refractivity (Wildman–Crippen MR) is 62.0 cm³/mol. The summed E-state index contributed by atoms with van der Waals surface area (Å²) >= 11 is 1.65. The summed E-state index contributed by atoms with van der Waals surface area (Å²) in [7, 11) is 0. The van der Waals surface area contributed by atoms with Crippen molar-refractivity contribution >= 4 is 17.4 Å². The van der Waals surface area contributed by atoms with Gasteiger partial charge in [-0.05, 0) is 26.0 Å². The molecule has 0 saturated carbocycles. The zero-order valence-corrected chi connectivity index (χ0v) is 9.66. The first kappa shape index (κ1) is 10.4. The highest BCUT2D eigenvalue weighted by molar-refractivity contribution is 8.00. The number of hydrogen-bond acceptors (Lipinski definition) is 4. The van der Waals surface area contributed by atoms with Crippen LogP contribution in [-0.2, 0) is 0 Å². The van der Waals surface area contributed by atoms with Crippen molar-refractivity contribution in [2.24, 2.45) is 5.73 Å². The molecule has 0 amide bonds. The molecular formula is C10H14N4S. The lowest BCUT2D eigenvalue weighted by Gasteiger charge is -2.19. The van der Waals surface area contributed by atoms with E-state index >= 15 is 0 Å². The zero-order chi connectivity index (χ0) is 10.9. The van der Waals surface area contributed by atoms with Crippen molar-refractivity contribution in [1.29, 1.82) is 0 Å². The Morgan fingerprint density at radius 1 is 1.40 bits per heavy atom. The smallest absolute Gasteiger partial charge is 0.196 e. The van der Waals surface area contributed by atoms with E-state index in [1.54, 1.807) is 11.8 Å². The first-order chi connectivity index (χ1) is 7.12. The van der Waals surface area contributed by atoms with Crippen molar-refractivity contribution in [3.05, 3.63) is 24.4 Å². The van der Waals surface area contributed by atoms with Crippen LogP contribution in [0.2, 0.25) is 0 Å². The summed E-state index contributed by atoms with van der Waals surface area (Å²) in [5.41, 5.74) is 6.56. The average Bonchev–Trinajstić information content (AvgIpc) is 2.62. The molecule has 0 bridgehead atoms. The van der Waals surface area contributed by atoms with Crippen LogP contribution >= 0.6 is 11.8 Å². The SMILES string of the molecule is CC(C)(CN)Sc1nnc2ccccn12. The Kier molecular flexibility index (Phi) is 2.67. The van der Waals surface area contributed by atoms with Gasteiger partial charge in [0.25, 0.3) is 0 Å². The average molecular weight is 222 g/mol. The van der Waals surface area contributed by atoms with Crippen LogP contribution in [0.4, 0.5) is 0 Å². The molecular weight excluding hydrogens is 208 g/mol. The van der Waals surface area contributed by atoms with Crippen LogP contribution in [0.5, 0.6) is 0 Å². The third kappa shape index (κ3) is 2.13. The van der Waals surface area contributed by atoms with E-state index in [1.807, 2.05) is 28.8 Å². The lowest BCUT2D eigenvalue weighted by Crippen LogP contribution is -2.26. The first-order valence-corrected chi connectivity index (χ1v) is 5.63. The maximum Gasteiger partial charge on any atom is 0.196 e. The minimum atomic E-state index is -0.0151. The first-order valence-electron chi connectivity index (χ1n) is 4.81. The fourth-order valence-electron chi connectivity index (χ4n) is 1.18. The van der Waals surface area contributed by atoms with Crippen molar-refractivity contribution in [2.45, 2.75) is 23.8 Å². The van der Waals surface area contributed by atoms with Crippen LogP contribution in [0, 0.1) is 0 Å². The van der Waals surface area contributed by atoms with E-state index in [0.717, 1.165) is 10.8 Å². The molecule has 0 spiro atoms. The summed E-state index contributed by atoms with van der Waals surface area (Å²) in [6, 6.07) is 5.86. The molecule has 0 aromatic carbocycles. The highest BCUT2D eigenvalue weighted by atomic mass is 32.2. The number of pyridine rings is 1. The van der Waals surface area contributed by atoms with Gasteiger partial charge < -0.3 is 5.73 Å². The fraction of sp³-hybridized carbons (Fsp3) is 0.400. The van der Waals surface area contributed by atoms with Gasteiger partial charge in [-0.1, -0.05) is 17.8 Å². The number of hydrogen-bond donors (Lipinski definition) is 1. The lowest BCUT2D eigenvalue weighted by molar-refractivity contribution is 0.715. The quantitative estimate of drug-likeness (QED) is 0.801. The van der Waals surface area contributed by atoms with Crippen LogP contribution < -0.4 is 5.73 Å². The zero-order valence-electron chi connectivity index (χ0n) is 8.84. The topological polar surface area (TPSA) is 56.2 Å². The van der Waals surface area contributed by atoms with E-state index in [4.69, 9.17) is 5.73 Å². The van der Waals surface area contributed by atoms with E-state index in [0.29, 0.717) is 6.54 Å². The van der Waals surface area contributed by atoms with Gasteiger partial charge >= 0.3 is 0 Å². The molecule has 0 aliphatic carbocycles. The third-order valence-electron chi connectivity index (χ3n) is 2.14. The number of rotatable bonds is 3. The molecule has 15 heavy (non-hydrogen) atoms. The molecule has 0 aliphatic heterocycles. The minimum absolute atomic E-state index is 0.0151. The Bertz CT molecular complexity index is 463. The summed E-state index contributed by atoms with van der Waals surface area (Å²) in [6.07, 6.45) is 1.96. The molecule has 2 aromatic heterocycles. The van der Waals surface area contributed by atoms with Crippen molar-refractivity contribution in [3.8, 4) is 0 Å². The summed E-state index contributed by atoms with van der Waals surface area (Å²) in [5.74, 6) is 0. The number of aromatic nitrogens is 3. The van der Waals surface area contributed by atoms with Crippen molar-refractivity contribution < 1.29 is 0 Å². The van der Waals surface area contributed by atoms with Crippen LogP contribution in [-0.4, -0.2) is 25.9 Å². The lowest BCUT2D eigenvalue weighted by atomic mass is 10.2. The molecule has 2 aromatic rings. The molecule has 5 heteroatoms. The number of nitrogens with zero attached hydrogens (tertiary/aromatic N) is 3. The number of fused-ring (bicyclic) bond motifs is 1. The molecule has 80 valence electrons. The normalized spacial score (nSPS) is 12.2. The summed E-state index contributed by atoms with van der Waals surface area (Å²) in [6.45, 7) is 4.81. The van der Waals surface area contributed by atoms with Crippen LogP contribution in [0.25, 0.3) is 5.65 Å². The molecule has 2 rings (SSSR count). The second-order valence-corrected chi connectivity index (χ2v) is 5.65. The number of nitrogens with two attached hydrogens (primary N) is 1. The van der Waals surface area contributed by atoms with Crippen molar-refractivity contribution in [1.82, 2.24) is 14.6 Å².